The molecule has 2 rings (SSSR count). The van der Waals surface area contributed by atoms with Gasteiger partial charge < -0.3 is 25.3 Å². The highest BCUT2D eigenvalue weighted by molar-refractivity contribution is 6.00. The molecule has 2 unspecified atom stereocenters. The fourth-order valence-electron chi connectivity index (χ4n) is 3.38. The molecule has 0 aliphatic carbocycles. The van der Waals surface area contributed by atoms with Crippen molar-refractivity contribution in [3.8, 4) is 0 Å². The number of carbonyl (C=O) groups excluding carboxylic acids is 2. The van der Waals surface area contributed by atoms with Crippen LogP contribution in [0.3, 0.4) is 0 Å². The molecule has 1 fully saturated rings. The maximum atomic E-state index is 12.0. The number of carbonyl (C=O) groups is 2. The number of aliphatic imine (C=N–C) groups is 1. The number of amidine groups is 1. The van der Waals surface area contributed by atoms with Crippen LogP contribution in [0.5, 0.6) is 0 Å². The van der Waals surface area contributed by atoms with E-state index in [0.29, 0.717) is 19.0 Å². The number of imidazole rings is 1. The number of nitrogens with zero attached hydrogens (tertiary/aromatic N) is 3. The molecule has 1 saturated heterocycles. The van der Waals surface area contributed by atoms with Gasteiger partial charge in [-0.2, -0.15) is 0 Å². The number of nitrogens with one attached hydrogen (secondary N) is 1. The maximum Gasteiger partial charge on any atom is 0.271 e. The highest BCUT2D eigenvalue weighted by Gasteiger charge is 2.44. The molecule has 10 heteroatoms. The van der Waals surface area contributed by atoms with Crippen LogP contribution in [0.1, 0.15) is 57.8 Å². The number of aromatic nitrogens is 2. The molecular formula is C20H33N5O5. The molecule has 2 heterocycles. The Bertz CT molecular complexity index is 776. The Balaban J connectivity index is 2.41. The minimum atomic E-state index is -0.717. The van der Waals surface area contributed by atoms with Gasteiger partial charge in [0, 0.05) is 18.9 Å². The van der Waals surface area contributed by atoms with Crippen LogP contribution >= 0.6 is 0 Å². The number of rotatable bonds is 9. The molecule has 0 saturated carbocycles. The molecule has 10 nitrogen and oxygen atoms in total. The summed E-state index contributed by atoms with van der Waals surface area (Å²) >= 11 is 0. The minimum Gasteiger partial charge on any atom is -0.382 e. The van der Waals surface area contributed by atoms with E-state index in [2.05, 4.69) is 22.2 Å². The van der Waals surface area contributed by atoms with E-state index in [1.54, 1.807) is 32.4 Å². The molecule has 30 heavy (non-hydrogen) atoms. The zero-order valence-electron chi connectivity index (χ0n) is 18.5. The fraction of sp³-hybridized carbons (Fsp3) is 0.700. The number of amides is 2. The lowest BCUT2D eigenvalue weighted by atomic mass is 9.98. The third-order valence-corrected chi connectivity index (χ3v) is 5.08. The molecule has 4 atom stereocenters. The summed E-state index contributed by atoms with van der Waals surface area (Å²) in [5.41, 5.74) is 5.51. The summed E-state index contributed by atoms with van der Waals surface area (Å²) in [6.07, 6.45) is 1.41. The molecule has 0 spiro atoms. The molecule has 2 amide bonds. The van der Waals surface area contributed by atoms with Crippen LogP contribution in [-0.2, 0) is 19.0 Å². The van der Waals surface area contributed by atoms with Crippen molar-refractivity contribution in [3.63, 3.8) is 0 Å². The lowest BCUT2D eigenvalue weighted by molar-refractivity contribution is -0.122. The summed E-state index contributed by atoms with van der Waals surface area (Å²) in [6.45, 7) is 10.2. The van der Waals surface area contributed by atoms with Gasteiger partial charge in [0.15, 0.2) is 17.7 Å². The molecule has 1 aliphatic rings. The zero-order valence-corrected chi connectivity index (χ0v) is 18.5. The fourth-order valence-corrected chi connectivity index (χ4v) is 3.38. The van der Waals surface area contributed by atoms with Gasteiger partial charge in [0.1, 0.15) is 11.9 Å². The predicted octanol–water partition coefficient (Wildman–Crippen LogP) is 1.78. The van der Waals surface area contributed by atoms with Gasteiger partial charge in [-0.05, 0) is 13.3 Å². The standard InChI is InChI=1S/C20H33N5O5/c1-7-14-12(4)16(29-9-8-28-6)20(30-14)25-10-22-15(17(21)26)18(25)23-13(5)24-19(27)11(2)3/h10-12,14,16,20H,7-9H2,1-6H3,(H2,21,26)(H,23,24,27)/t12?,14-,16?,20-/m1/s1. The summed E-state index contributed by atoms with van der Waals surface area (Å²) in [6, 6.07) is 0. The van der Waals surface area contributed by atoms with E-state index in [0.717, 1.165) is 6.42 Å². The van der Waals surface area contributed by atoms with E-state index in [1.165, 1.54) is 6.33 Å². The Morgan fingerprint density at radius 2 is 2.10 bits per heavy atom. The second kappa shape index (κ2) is 10.6. The van der Waals surface area contributed by atoms with Crippen molar-refractivity contribution in [2.75, 3.05) is 20.3 Å². The van der Waals surface area contributed by atoms with Gasteiger partial charge in [0.2, 0.25) is 5.91 Å². The summed E-state index contributed by atoms with van der Waals surface area (Å²) < 4.78 is 19.0. The molecule has 168 valence electrons. The smallest absolute Gasteiger partial charge is 0.271 e. The first kappa shape index (κ1) is 24.0. The van der Waals surface area contributed by atoms with E-state index in [4.69, 9.17) is 19.9 Å². The van der Waals surface area contributed by atoms with Crippen LogP contribution in [0.4, 0.5) is 5.82 Å². The Hall–Kier alpha value is -2.30. The normalized spacial score (nSPS) is 24.4. The molecule has 0 aromatic carbocycles. The molecule has 1 aliphatic heterocycles. The highest BCUT2D eigenvalue weighted by atomic mass is 16.6. The Morgan fingerprint density at radius 3 is 2.67 bits per heavy atom. The number of primary amides is 1. The van der Waals surface area contributed by atoms with Gasteiger partial charge in [-0.3, -0.25) is 14.2 Å². The van der Waals surface area contributed by atoms with Crippen molar-refractivity contribution >= 4 is 23.5 Å². The van der Waals surface area contributed by atoms with Gasteiger partial charge in [-0.15, -0.1) is 0 Å². The topological polar surface area (TPSA) is 130 Å². The van der Waals surface area contributed by atoms with Gasteiger partial charge >= 0.3 is 0 Å². The third-order valence-electron chi connectivity index (χ3n) is 5.08. The molecule has 1 aromatic heterocycles. The molecule has 0 bridgehead atoms. The van der Waals surface area contributed by atoms with Crippen LogP contribution in [0, 0.1) is 11.8 Å². The monoisotopic (exact) mass is 423 g/mol. The zero-order chi connectivity index (χ0) is 22.4. The van der Waals surface area contributed by atoms with Crippen molar-refractivity contribution in [3.05, 3.63) is 12.0 Å². The average molecular weight is 424 g/mol. The first-order valence-electron chi connectivity index (χ1n) is 10.2. The van der Waals surface area contributed by atoms with E-state index < -0.39 is 12.1 Å². The van der Waals surface area contributed by atoms with E-state index in [9.17, 15) is 9.59 Å². The Labute approximate surface area is 177 Å². The average Bonchev–Trinajstić information content (AvgIpc) is 3.23. The second-order valence-electron chi connectivity index (χ2n) is 7.69. The number of hydrogen-bond acceptors (Lipinski definition) is 7. The van der Waals surface area contributed by atoms with Crippen LogP contribution in [0.15, 0.2) is 11.3 Å². The second-order valence-corrected chi connectivity index (χ2v) is 7.69. The van der Waals surface area contributed by atoms with Crippen LogP contribution in [0.25, 0.3) is 0 Å². The summed E-state index contributed by atoms with van der Waals surface area (Å²) in [4.78, 5) is 32.5. The summed E-state index contributed by atoms with van der Waals surface area (Å²) in [5.74, 6) is -0.453. The highest BCUT2D eigenvalue weighted by Crippen LogP contribution is 2.40. The van der Waals surface area contributed by atoms with Crippen LogP contribution in [-0.4, -0.2) is 59.7 Å². The van der Waals surface area contributed by atoms with Crippen LogP contribution < -0.4 is 11.1 Å². The summed E-state index contributed by atoms with van der Waals surface area (Å²) in [5, 5.41) is 2.71. The van der Waals surface area contributed by atoms with Crippen molar-refractivity contribution in [1.82, 2.24) is 14.9 Å². The van der Waals surface area contributed by atoms with Crippen molar-refractivity contribution in [2.24, 2.45) is 22.6 Å². The van der Waals surface area contributed by atoms with E-state index >= 15 is 0 Å². The van der Waals surface area contributed by atoms with Gasteiger partial charge in [0.25, 0.3) is 5.91 Å². The number of methoxy groups -OCH3 is 1. The van der Waals surface area contributed by atoms with Crippen molar-refractivity contribution in [2.45, 2.75) is 59.5 Å². The van der Waals surface area contributed by atoms with Gasteiger partial charge in [-0.25, -0.2) is 9.98 Å². The largest absolute Gasteiger partial charge is 0.382 e. The molecule has 3 N–H and O–H groups in total. The van der Waals surface area contributed by atoms with Crippen molar-refractivity contribution < 1.29 is 23.8 Å². The molecule has 1 aromatic rings. The molecule has 0 radical (unpaired) electrons. The maximum absolute atomic E-state index is 12.0. The van der Waals surface area contributed by atoms with Crippen molar-refractivity contribution in [1.29, 1.82) is 0 Å². The van der Waals surface area contributed by atoms with Crippen LogP contribution in [0.2, 0.25) is 0 Å². The lowest BCUT2D eigenvalue weighted by Gasteiger charge is -2.23. The van der Waals surface area contributed by atoms with Gasteiger partial charge in [0.05, 0.1) is 25.6 Å². The predicted molar refractivity (Wildman–Crippen MR) is 111 cm³/mol. The number of nitrogens with two attached hydrogens (primary N) is 1. The number of ether oxygens (including phenoxy) is 3. The molecular weight excluding hydrogens is 390 g/mol. The Kier molecular flexibility index (Phi) is 8.51. The Morgan fingerprint density at radius 1 is 1.40 bits per heavy atom. The minimum absolute atomic E-state index is 0.0000102. The van der Waals surface area contributed by atoms with E-state index in [-0.39, 0.29) is 41.5 Å². The SMILES string of the molecule is CC[C@H]1O[C@@H](n2cnc(C(N)=O)c2N=C(C)NC(=O)C(C)C)C(OCCOC)C1C. The van der Waals surface area contributed by atoms with Gasteiger partial charge in [-0.1, -0.05) is 27.7 Å². The van der Waals surface area contributed by atoms with E-state index in [1.807, 2.05) is 6.92 Å². The summed E-state index contributed by atoms with van der Waals surface area (Å²) in [7, 11) is 1.61. The lowest BCUT2D eigenvalue weighted by Crippen LogP contribution is -2.32. The third kappa shape index (κ3) is 5.44. The first-order valence-corrected chi connectivity index (χ1v) is 10.2. The number of hydrogen-bond donors (Lipinski definition) is 2. The first-order chi connectivity index (χ1) is 14.2. The quantitative estimate of drug-likeness (QED) is 0.354.